The van der Waals surface area contributed by atoms with Crippen molar-refractivity contribution >= 4 is 16.8 Å². The monoisotopic (exact) mass is 338 g/mol. The molecule has 1 atom stereocenters. The number of fused-ring (bicyclic) bond motifs is 1. The summed E-state index contributed by atoms with van der Waals surface area (Å²) in [5, 5.41) is 1.21. The van der Waals surface area contributed by atoms with E-state index in [0.717, 1.165) is 11.9 Å². The highest BCUT2D eigenvalue weighted by molar-refractivity contribution is 5.84. The van der Waals surface area contributed by atoms with Crippen molar-refractivity contribution < 1.29 is 13.9 Å². The largest absolute Gasteiger partial charge is 0.481 e. The maximum Gasteiger partial charge on any atom is 0.260 e. The smallest absolute Gasteiger partial charge is 0.260 e. The maximum atomic E-state index is 13.6. The van der Waals surface area contributed by atoms with E-state index in [-0.39, 0.29) is 18.3 Å². The first-order valence-electron chi connectivity index (χ1n) is 8.43. The molecule has 1 aliphatic rings. The van der Waals surface area contributed by atoms with Gasteiger partial charge in [0.1, 0.15) is 0 Å². The Bertz CT molecular complexity index is 905. The topological polar surface area (TPSA) is 45.3 Å². The van der Waals surface area contributed by atoms with Gasteiger partial charge in [-0.15, -0.1) is 0 Å². The number of carbonyl (C=O) groups is 1. The number of halogens is 1. The Morgan fingerprint density at radius 3 is 2.88 bits per heavy atom. The second kappa shape index (κ2) is 6.59. The lowest BCUT2D eigenvalue weighted by Crippen LogP contribution is -2.32. The summed E-state index contributed by atoms with van der Waals surface area (Å²) >= 11 is 0. The standard InChI is InChI=1S/C20H19FN2O2/c21-17-6-2-4-8-19(17)25-13-20(24)23-10-9-14(12-23)16-11-22-18-7-3-1-5-15(16)18/h1-8,11,14,22H,9-10,12-13H2. The van der Waals surface area contributed by atoms with Crippen LogP contribution in [0.3, 0.4) is 0 Å². The van der Waals surface area contributed by atoms with Crippen molar-refractivity contribution in [1.82, 2.24) is 9.88 Å². The van der Waals surface area contributed by atoms with Crippen LogP contribution in [-0.4, -0.2) is 35.5 Å². The molecule has 128 valence electrons. The molecule has 0 saturated carbocycles. The normalized spacial score (nSPS) is 17.2. The number of nitrogens with one attached hydrogen (secondary N) is 1. The molecule has 3 aromatic rings. The van der Waals surface area contributed by atoms with Gasteiger partial charge in [-0.05, 0) is 30.2 Å². The number of aromatic nitrogens is 1. The third-order valence-electron chi connectivity index (χ3n) is 4.79. The second-order valence-electron chi connectivity index (χ2n) is 6.33. The number of benzene rings is 2. The van der Waals surface area contributed by atoms with Gasteiger partial charge in [0.2, 0.25) is 0 Å². The summed E-state index contributed by atoms with van der Waals surface area (Å²) in [6.45, 7) is 1.23. The molecule has 25 heavy (non-hydrogen) atoms. The van der Waals surface area contributed by atoms with Gasteiger partial charge in [0.05, 0.1) is 0 Å². The minimum Gasteiger partial charge on any atom is -0.481 e. The van der Waals surface area contributed by atoms with Crippen LogP contribution in [0.1, 0.15) is 17.9 Å². The average Bonchev–Trinajstić information content (AvgIpc) is 3.27. The highest BCUT2D eigenvalue weighted by atomic mass is 19.1. The van der Waals surface area contributed by atoms with Gasteiger partial charge in [-0.2, -0.15) is 0 Å². The van der Waals surface area contributed by atoms with Crippen LogP contribution >= 0.6 is 0 Å². The molecule has 2 aromatic carbocycles. The van der Waals surface area contributed by atoms with Gasteiger partial charge >= 0.3 is 0 Å². The molecule has 0 radical (unpaired) electrons. The summed E-state index contributed by atoms with van der Waals surface area (Å²) in [5.74, 6) is -0.129. The third kappa shape index (κ3) is 3.09. The van der Waals surface area contributed by atoms with Crippen molar-refractivity contribution in [1.29, 1.82) is 0 Å². The fourth-order valence-corrected chi connectivity index (χ4v) is 3.46. The molecule has 4 rings (SSSR count). The summed E-state index contributed by atoms with van der Waals surface area (Å²) in [5.41, 5.74) is 2.37. The lowest BCUT2D eigenvalue weighted by atomic mass is 9.98. The van der Waals surface area contributed by atoms with E-state index in [1.54, 1.807) is 17.0 Å². The third-order valence-corrected chi connectivity index (χ3v) is 4.79. The Morgan fingerprint density at radius 2 is 2.00 bits per heavy atom. The molecule has 1 N–H and O–H groups in total. The lowest BCUT2D eigenvalue weighted by molar-refractivity contribution is -0.132. The van der Waals surface area contributed by atoms with E-state index in [2.05, 4.69) is 17.1 Å². The summed E-state index contributed by atoms with van der Waals surface area (Å²) < 4.78 is 18.9. The van der Waals surface area contributed by atoms with Crippen LogP contribution in [0.4, 0.5) is 4.39 Å². The van der Waals surface area contributed by atoms with E-state index in [0.29, 0.717) is 19.0 Å². The minimum absolute atomic E-state index is 0.106. The molecule has 1 fully saturated rings. The van der Waals surface area contributed by atoms with Crippen molar-refractivity contribution in [2.75, 3.05) is 19.7 Å². The molecule has 1 unspecified atom stereocenters. The zero-order valence-electron chi connectivity index (χ0n) is 13.7. The molecule has 2 heterocycles. The molecule has 1 aliphatic heterocycles. The number of nitrogens with zero attached hydrogens (tertiary/aromatic N) is 1. The van der Waals surface area contributed by atoms with Crippen LogP contribution in [0.5, 0.6) is 5.75 Å². The Labute approximate surface area is 145 Å². The number of para-hydroxylation sites is 2. The highest BCUT2D eigenvalue weighted by Crippen LogP contribution is 2.32. The number of aromatic amines is 1. The molecule has 1 saturated heterocycles. The number of hydrogen-bond donors (Lipinski definition) is 1. The van der Waals surface area contributed by atoms with Gasteiger partial charge in [0, 0.05) is 36.1 Å². The molecular formula is C20H19FN2O2. The molecule has 0 aliphatic carbocycles. The van der Waals surface area contributed by atoms with E-state index >= 15 is 0 Å². The minimum atomic E-state index is -0.451. The van der Waals surface area contributed by atoms with Gasteiger partial charge in [-0.25, -0.2) is 4.39 Å². The van der Waals surface area contributed by atoms with Crippen molar-refractivity contribution in [3.63, 3.8) is 0 Å². The average molecular weight is 338 g/mol. The van der Waals surface area contributed by atoms with Crippen LogP contribution in [0.25, 0.3) is 10.9 Å². The predicted molar refractivity (Wildman–Crippen MR) is 94.1 cm³/mol. The zero-order valence-corrected chi connectivity index (χ0v) is 13.7. The van der Waals surface area contributed by atoms with Crippen LogP contribution in [-0.2, 0) is 4.79 Å². The number of likely N-dealkylation sites (tertiary alicyclic amines) is 1. The summed E-state index contributed by atoms with van der Waals surface area (Å²) in [6, 6.07) is 14.3. The quantitative estimate of drug-likeness (QED) is 0.788. The molecule has 1 aromatic heterocycles. The van der Waals surface area contributed by atoms with Crippen LogP contribution in [0.15, 0.2) is 54.7 Å². The SMILES string of the molecule is O=C(COc1ccccc1F)N1CCC(c2c[nH]c3ccccc23)C1. The zero-order chi connectivity index (χ0) is 17.2. The number of amides is 1. The fourth-order valence-electron chi connectivity index (χ4n) is 3.46. The van der Waals surface area contributed by atoms with Gasteiger partial charge in [0.25, 0.3) is 5.91 Å². The summed E-state index contributed by atoms with van der Waals surface area (Å²) in [4.78, 5) is 17.5. The number of ether oxygens (including phenoxy) is 1. The van der Waals surface area contributed by atoms with Crippen molar-refractivity contribution in [2.45, 2.75) is 12.3 Å². The molecule has 0 bridgehead atoms. The van der Waals surface area contributed by atoms with E-state index in [1.807, 2.05) is 18.3 Å². The van der Waals surface area contributed by atoms with Gasteiger partial charge in [0.15, 0.2) is 18.2 Å². The second-order valence-corrected chi connectivity index (χ2v) is 6.33. The predicted octanol–water partition coefficient (Wildman–Crippen LogP) is 3.70. The first-order chi connectivity index (χ1) is 12.2. The van der Waals surface area contributed by atoms with Gasteiger partial charge < -0.3 is 14.6 Å². The van der Waals surface area contributed by atoms with Crippen molar-refractivity contribution in [3.8, 4) is 5.75 Å². The molecular weight excluding hydrogens is 319 g/mol. The van der Waals surface area contributed by atoms with Crippen LogP contribution in [0.2, 0.25) is 0 Å². The molecule has 4 nitrogen and oxygen atoms in total. The van der Waals surface area contributed by atoms with Gasteiger partial charge in [-0.3, -0.25) is 4.79 Å². The first-order valence-corrected chi connectivity index (χ1v) is 8.43. The van der Waals surface area contributed by atoms with E-state index in [1.165, 1.54) is 23.1 Å². The number of hydrogen-bond acceptors (Lipinski definition) is 2. The van der Waals surface area contributed by atoms with Crippen LogP contribution in [0, 0.1) is 5.82 Å². The Balaban J connectivity index is 1.40. The molecule has 0 spiro atoms. The maximum absolute atomic E-state index is 13.6. The Morgan fingerprint density at radius 1 is 1.20 bits per heavy atom. The molecule has 1 amide bonds. The van der Waals surface area contributed by atoms with Crippen molar-refractivity contribution in [3.05, 3.63) is 66.1 Å². The van der Waals surface area contributed by atoms with E-state index < -0.39 is 5.82 Å². The number of rotatable bonds is 4. The fraction of sp³-hybridized carbons (Fsp3) is 0.250. The molecule has 5 heteroatoms. The highest BCUT2D eigenvalue weighted by Gasteiger charge is 2.29. The Hall–Kier alpha value is -2.82. The Kier molecular flexibility index (Phi) is 4.14. The lowest BCUT2D eigenvalue weighted by Gasteiger charge is -2.17. The van der Waals surface area contributed by atoms with Crippen molar-refractivity contribution in [2.24, 2.45) is 0 Å². The first kappa shape index (κ1) is 15.7. The van der Waals surface area contributed by atoms with E-state index in [4.69, 9.17) is 4.74 Å². The number of H-pyrrole nitrogens is 1. The van der Waals surface area contributed by atoms with Crippen LogP contribution < -0.4 is 4.74 Å². The van der Waals surface area contributed by atoms with E-state index in [9.17, 15) is 9.18 Å². The van der Waals surface area contributed by atoms with Gasteiger partial charge in [-0.1, -0.05) is 30.3 Å². The number of carbonyl (C=O) groups excluding carboxylic acids is 1. The summed E-state index contributed by atoms with van der Waals surface area (Å²) in [6.07, 6.45) is 2.96. The summed E-state index contributed by atoms with van der Waals surface area (Å²) in [7, 11) is 0.